The lowest BCUT2D eigenvalue weighted by Gasteiger charge is -2.12. The summed E-state index contributed by atoms with van der Waals surface area (Å²) in [4.78, 5) is 9.14. The Kier molecular flexibility index (Phi) is 4.85. The molecule has 0 bridgehead atoms. The standard InChI is InChI=1S/C16H16N4.ClH/c17-10-13(18)16-19-14-9-5-4-8-12(14)15(20-16)11-6-2-1-3-7-11;/h1-9,13H,10,17-18H2;1H. The van der Waals surface area contributed by atoms with E-state index in [1.54, 1.807) is 0 Å². The van der Waals surface area contributed by atoms with Gasteiger partial charge in [0.05, 0.1) is 17.3 Å². The Morgan fingerprint density at radius 1 is 0.905 bits per heavy atom. The maximum atomic E-state index is 5.98. The number of fused-ring (bicyclic) bond motifs is 1. The Balaban J connectivity index is 0.00000161. The lowest BCUT2D eigenvalue weighted by molar-refractivity contribution is 0.687. The zero-order chi connectivity index (χ0) is 13.9. The maximum absolute atomic E-state index is 5.98. The summed E-state index contributed by atoms with van der Waals surface area (Å²) in [5.74, 6) is 0.588. The first-order chi connectivity index (χ1) is 9.79. The van der Waals surface area contributed by atoms with Crippen molar-refractivity contribution in [3.05, 3.63) is 60.4 Å². The maximum Gasteiger partial charge on any atom is 0.147 e. The summed E-state index contributed by atoms with van der Waals surface area (Å²) in [6, 6.07) is 17.6. The van der Waals surface area contributed by atoms with Crippen molar-refractivity contribution < 1.29 is 0 Å². The molecule has 0 saturated carbocycles. The van der Waals surface area contributed by atoms with Gasteiger partial charge in [0.15, 0.2) is 0 Å². The van der Waals surface area contributed by atoms with Crippen LogP contribution in [0.5, 0.6) is 0 Å². The smallest absolute Gasteiger partial charge is 0.147 e. The molecular weight excluding hydrogens is 284 g/mol. The van der Waals surface area contributed by atoms with Crippen molar-refractivity contribution >= 4 is 23.3 Å². The van der Waals surface area contributed by atoms with E-state index in [0.29, 0.717) is 12.4 Å². The first-order valence-corrected chi connectivity index (χ1v) is 6.57. The highest BCUT2D eigenvalue weighted by atomic mass is 35.5. The van der Waals surface area contributed by atoms with Gasteiger partial charge in [-0.05, 0) is 6.07 Å². The summed E-state index contributed by atoms with van der Waals surface area (Å²) in [6.07, 6.45) is 0. The summed E-state index contributed by atoms with van der Waals surface area (Å²) in [7, 11) is 0. The predicted molar refractivity (Wildman–Crippen MR) is 88.2 cm³/mol. The molecule has 0 aliphatic heterocycles. The summed E-state index contributed by atoms with van der Waals surface area (Å²) in [6.45, 7) is 0.326. The molecule has 0 radical (unpaired) electrons. The third-order valence-corrected chi connectivity index (χ3v) is 3.25. The Labute approximate surface area is 129 Å². The van der Waals surface area contributed by atoms with Crippen LogP contribution in [0.25, 0.3) is 22.2 Å². The van der Waals surface area contributed by atoms with Gasteiger partial charge in [-0.2, -0.15) is 0 Å². The first-order valence-electron chi connectivity index (χ1n) is 6.57. The Morgan fingerprint density at radius 3 is 2.29 bits per heavy atom. The molecule has 1 unspecified atom stereocenters. The van der Waals surface area contributed by atoms with E-state index in [9.17, 15) is 0 Å². The summed E-state index contributed by atoms with van der Waals surface area (Å²) in [5.41, 5.74) is 14.5. The van der Waals surface area contributed by atoms with Gasteiger partial charge in [-0.1, -0.05) is 48.5 Å². The van der Waals surface area contributed by atoms with Crippen molar-refractivity contribution in [2.75, 3.05) is 6.54 Å². The van der Waals surface area contributed by atoms with Gasteiger partial charge >= 0.3 is 0 Å². The highest BCUT2D eigenvalue weighted by Crippen LogP contribution is 2.26. The highest BCUT2D eigenvalue weighted by Gasteiger charge is 2.13. The molecule has 1 heterocycles. The van der Waals surface area contributed by atoms with Crippen LogP contribution in [-0.4, -0.2) is 16.5 Å². The van der Waals surface area contributed by atoms with E-state index in [2.05, 4.69) is 9.97 Å². The topological polar surface area (TPSA) is 77.8 Å². The minimum Gasteiger partial charge on any atom is -0.328 e. The molecular formula is C16H17ClN4. The van der Waals surface area contributed by atoms with E-state index >= 15 is 0 Å². The largest absolute Gasteiger partial charge is 0.328 e. The van der Waals surface area contributed by atoms with Gasteiger partial charge in [-0.15, -0.1) is 12.4 Å². The fraction of sp³-hybridized carbons (Fsp3) is 0.125. The van der Waals surface area contributed by atoms with Crippen LogP contribution >= 0.6 is 12.4 Å². The second kappa shape index (κ2) is 6.63. The van der Waals surface area contributed by atoms with E-state index < -0.39 is 0 Å². The molecule has 21 heavy (non-hydrogen) atoms. The molecule has 1 atom stereocenters. The Morgan fingerprint density at radius 2 is 1.57 bits per heavy atom. The fourth-order valence-electron chi connectivity index (χ4n) is 2.18. The minimum absolute atomic E-state index is 0. The second-order valence-electron chi connectivity index (χ2n) is 4.66. The molecule has 3 rings (SSSR count). The van der Waals surface area contributed by atoms with Gasteiger partial charge in [-0.25, -0.2) is 9.97 Å². The van der Waals surface area contributed by atoms with Crippen LogP contribution in [0.15, 0.2) is 54.6 Å². The number of halogens is 1. The molecule has 0 aliphatic carbocycles. The number of para-hydroxylation sites is 1. The van der Waals surface area contributed by atoms with Crippen molar-refractivity contribution in [1.29, 1.82) is 0 Å². The third kappa shape index (κ3) is 3.03. The molecule has 3 aromatic rings. The minimum atomic E-state index is -0.345. The molecule has 2 aromatic carbocycles. The lowest BCUT2D eigenvalue weighted by Crippen LogP contribution is -2.23. The number of nitrogens with two attached hydrogens (primary N) is 2. The van der Waals surface area contributed by atoms with Crippen LogP contribution in [0.2, 0.25) is 0 Å². The van der Waals surface area contributed by atoms with Crippen LogP contribution < -0.4 is 11.5 Å². The monoisotopic (exact) mass is 300 g/mol. The number of nitrogens with zero attached hydrogens (tertiary/aromatic N) is 2. The van der Waals surface area contributed by atoms with Crippen molar-refractivity contribution in [2.45, 2.75) is 6.04 Å². The van der Waals surface area contributed by atoms with E-state index in [4.69, 9.17) is 11.5 Å². The lowest BCUT2D eigenvalue weighted by atomic mass is 10.1. The van der Waals surface area contributed by atoms with Gasteiger partial charge in [0.25, 0.3) is 0 Å². The molecule has 0 aliphatic rings. The van der Waals surface area contributed by atoms with Crippen molar-refractivity contribution in [1.82, 2.24) is 9.97 Å². The van der Waals surface area contributed by atoms with Crippen LogP contribution in [0.3, 0.4) is 0 Å². The molecule has 5 heteroatoms. The molecule has 108 valence electrons. The zero-order valence-corrected chi connectivity index (χ0v) is 12.3. The predicted octanol–water partition coefficient (Wildman–Crippen LogP) is 2.68. The van der Waals surface area contributed by atoms with Crippen LogP contribution in [0.1, 0.15) is 11.9 Å². The number of aromatic nitrogens is 2. The molecule has 0 saturated heterocycles. The van der Waals surface area contributed by atoms with Crippen LogP contribution in [0, 0.1) is 0 Å². The SMILES string of the molecule is Cl.NCC(N)c1nc(-c2ccccc2)c2ccccc2n1. The van der Waals surface area contributed by atoms with Gasteiger partial charge in [0, 0.05) is 17.5 Å². The average molecular weight is 301 g/mol. The number of rotatable bonds is 3. The fourth-order valence-corrected chi connectivity index (χ4v) is 2.18. The van der Waals surface area contributed by atoms with Gasteiger partial charge in [0.1, 0.15) is 5.82 Å². The summed E-state index contributed by atoms with van der Waals surface area (Å²) < 4.78 is 0. The second-order valence-corrected chi connectivity index (χ2v) is 4.66. The van der Waals surface area contributed by atoms with Crippen LogP contribution in [-0.2, 0) is 0 Å². The van der Waals surface area contributed by atoms with Crippen molar-refractivity contribution in [2.24, 2.45) is 11.5 Å². The van der Waals surface area contributed by atoms with E-state index in [-0.39, 0.29) is 18.4 Å². The van der Waals surface area contributed by atoms with Crippen molar-refractivity contribution in [3.63, 3.8) is 0 Å². The molecule has 0 amide bonds. The van der Waals surface area contributed by atoms with Crippen LogP contribution in [0.4, 0.5) is 0 Å². The Bertz CT molecular complexity index is 731. The molecule has 0 spiro atoms. The van der Waals surface area contributed by atoms with Gasteiger partial charge in [-0.3, -0.25) is 0 Å². The third-order valence-electron chi connectivity index (χ3n) is 3.25. The quantitative estimate of drug-likeness (QED) is 0.779. The summed E-state index contributed by atoms with van der Waals surface area (Å²) in [5, 5.41) is 1.02. The Hall–Kier alpha value is -2.01. The molecule has 1 aromatic heterocycles. The molecule has 4 N–H and O–H groups in total. The number of benzene rings is 2. The first kappa shape index (κ1) is 15.4. The number of hydrogen-bond acceptors (Lipinski definition) is 4. The van der Waals surface area contributed by atoms with Gasteiger partial charge < -0.3 is 11.5 Å². The number of hydrogen-bond donors (Lipinski definition) is 2. The summed E-state index contributed by atoms with van der Waals surface area (Å²) >= 11 is 0. The van der Waals surface area contributed by atoms with E-state index in [1.165, 1.54) is 0 Å². The van der Waals surface area contributed by atoms with E-state index in [0.717, 1.165) is 22.2 Å². The zero-order valence-electron chi connectivity index (χ0n) is 11.4. The van der Waals surface area contributed by atoms with E-state index in [1.807, 2.05) is 54.6 Å². The van der Waals surface area contributed by atoms with Gasteiger partial charge in [0.2, 0.25) is 0 Å². The normalized spacial score (nSPS) is 11.9. The molecule has 4 nitrogen and oxygen atoms in total. The highest BCUT2D eigenvalue weighted by molar-refractivity contribution is 5.92. The average Bonchev–Trinajstić information content (AvgIpc) is 2.54. The van der Waals surface area contributed by atoms with Crippen molar-refractivity contribution in [3.8, 4) is 11.3 Å². The molecule has 0 fully saturated rings.